The molecule has 0 bridgehead atoms. The molecule has 1 fully saturated rings. The highest BCUT2D eigenvalue weighted by molar-refractivity contribution is 5.72. The van der Waals surface area contributed by atoms with E-state index in [9.17, 15) is 13.2 Å². The van der Waals surface area contributed by atoms with Crippen LogP contribution in [0.1, 0.15) is 11.5 Å². The van der Waals surface area contributed by atoms with Crippen molar-refractivity contribution in [1.29, 1.82) is 0 Å². The highest BCUT2D eigenvalue weighted by atomic mass is 19.4. The largest absolute Gasteiger partial charge is 0.573 e. The second-order valence-electron chi connectivity index (χ2n) is 6.82. The Morgan fingerprint density at radius 1 is 0.893 bits per heavy atom. The zero-order chi connectivity index (χ0) is 19.6. The van der Waals surface area contributed by atoms with E-state index in [1.807, 2.05) is 24.3 Å². The number of aromatic nitrogens is 1. The molecular weight excluding hydrogens is 371 g/mol. The van der Waals surface area contributed by atoms with Crippen LogP contribution in [0, 0.1) is 0 Å². The maximum Gasteiger partial charge on any atom is 0.573 e. The van der Waals surface area contributed by atoms with Crippen LogP contribution in [0.25, 0.3) is 11.1 Å². The molecule has 0 saturated carbocycles. The van der Waals surface area contributed by atoms with Crippen LogP contribution in [0.2, 0.25) is 0 Å². The Morgan fingerprint density at radius 2 is 1.54 bits per heavy atom. The second-order valence-corrected chi connectivity index (χ2v) is 6.82. The molecule has 2 heterocycles. The molecule has 1 aromatic heterocycles. The lowest BCUT2D eigenvalue weighted by atomic mass is 10.2. The van der Waals surface area contributed by atoms with Gasteiger partial charge in [-0.05, 0) is 29.8 Å². The average Bonchev–Trinajstić information content (AvgIpc) is 3.06. The molecule has 0 spiro atoms. The fraction of sp³-hybridized carbons (Fsp3) is 0.350. The summed E-state index contributed by atoms with van der Waals surface area (Å²) in [6.07, 6.45) is -4.66. The summed E-state index contributed by atoms with van der Waals surface area (Å²) in [5, 5.41) is 0. The molecule has 0 N–H and O–H groups in total. The van der Waals surface area contributed by atoms with Gasteiger partial charge in [-0.1, -0.05) is 24.3 Å². The van der Waals surface area contributed by atoms with Gasteiger partial charge in [-0.15, -0.1) is 13.2 Å². The molecule has 1 aliphatic heterocycles. The molecule has 5 nitrogen and oxygen atoms in total. The first kappa shape index (κ1) is 18.8. The number of alkyl halides is 3. The highest BCUT2D eigenvalue weighted by Gasteiger charge is 2.31. The number of ether oxygens (including phenoxy) is 1. The number of halogens is 3. The van der Waals surface area contributed by atoms with Crippen molar-refractivity contribution in [2.45, 2.75) is 19.5 Å². The summed E-state index contributed by atoms with van der Waals surface area (Å²) in [5.41, 5.74) is 2.63. The van der Waals surface area contributed by atoms with E-state index >= 15 is 0 Å². The lowest BCUT2D eigenvalue weighted by Crippen LogP contribution is -2.45. The number of fused-ring (bicyclic) bond motifs is 1. The summed E-state index contributed by atoms with van der Waals surface area (Å²) in [6, 6.07) is 13.8. The maximum atomic E-state index is 12.2. The molecule has 1 saturated heterocycles. The van der Waals surface area contributed by atoms with Crippen molar-refractivity contribution in [1.82, 2.24) is 14.8 Å². The minimum atomic E-state index is -4.66. The number of hydrogen-bond donors (Lipinski definition) is 0. The third-order valence-corrected chi connectivity index (χ3v) is 4.73. The van der Waals surface area contributed by atoms with E-state index < -0.39 is 6.36 Å². The molecule has 28 heavy (non-hydrogen) atoms. The van der Waals surface area contributed by atoms with Crippen LogP contribution < -0.4 is 4.74 Å². The Bertz CT molecular complexity index is 883. The van der Waals surface area contributed by atoms with Crippen molar-refractivity contribution < 1.29 is 22.3 Å². The van der Waals surface area contributed by atoms with E-state index in [1.54, 1.807) is 12.1 Å². The summed E-state index contributed by atoms with van der Waals surface area (Å²) in [7, 11) is 0. The first-order valence-corrected chi connectivity index (χ1v) is 9.08. The standard InChI is InChI=1S/C20H20F3N3O2/c21-20(22,23)28-16-7-5-15(6-8-16)13-25-9-11-26(12-10-25)14-19-24-17-3-1-2-4-18(17)27-19/h1-8H,9-14H2. The first-order valence-electron chi connectivity index (χ1n) is 9.08. The number of piperazine rings is 1. The van der Waals surface area contributed by atoms with E-state index in [0.717, 1.165) is 48.7 Å². The van der Waals surface area contributed by atoms with Gasteiger partial charge in [-0.25, -0.2) is 4.98 Å². The Labute approximate surface area is 160 Å². The minimum Gasteiger partial charge on any atom is -0.439 e. The van der Waals surface area contributed by atoms with Gasteiger partial charge in [-0.3, -0.25) is 9.80 Å². The number of para-hydroxylation sites is 2. The minimum absolute atomic E-state index is 0.195. The molecule has 0 atom stereocenters. The number of nitrogens with zero attached hydrogens (tertiary/aromatic N) is 3. The average molecular weight is 391 g/mol. The van der Waals surface area contributed by atoms with Gasteiger partial charge in [0.2, 0.25) is 5.89 Å². The zero-order valence-electron chi connectivity index (χ0n) is 15.2. The fourth-order valence-corrected chi connectivity index (χ4v) is 3.34. The van der Waals surface area contributed by atoms with Crippen LogP contribution in [0.3, 0.4) is 0 Å². The number of benzene rings is 2. The Hall–Kier alpha value is -2.58. The van der Waals surface area contributed by atoms with Gasteiger partial charge < -0.3 is 9.15 Å². The molecule has 0 radical (unpaired) electrons. The molecule has 0 aliphatic carbocycles. The van der Waals surface area contributed by atoms with E-state index in [0.29, 0.717) is 13.1 Å². The van der Waals surface area contributed by atoms with Crippen molar-refractivity contribution in [3.8, 4) is 5.75 Å². The van der Waals surface area contributed by atoms with Gasteiger partial charge in [0, 0.05) is 32.7 Å². The third kappa shape index (κ3) is 4.82. The van der Waals surface area contributed by atoms with Crippen molar-refractivity contribution in [2.24, 2.45) is 0 Å². The van der Waals surface area contributed by atoms with E-state index in [2.05, 4.69) is 19.5 Å². The van der Waals surface area contributed by atoms with Crippen LogP contribution in [0.4, 0.5) is 13.2 Å². The predicted octanol–water partition coefficient (Wildman–Crippen LogP) is 4.04. The van der Waals surface area contributed by atoms with Crippen LogP contribution >= 0.6 is 0 Å². The SMILES string of the molecule is FC(F)(F)Oc1ccc(CN2CCN(Cc3nc4ccccc4o3)CC2)cc1. The van der Waals surface area contributed by atoms with Crippen LogP contribution in [0.15, 0.2) is 52.9 Å². The van der Waals surface area contributed by atoms with E-state index in [1.165, 1.54) is 12.1 Å². The predicted molar refractivity (Wildman–Crippen MR) is 97.7 cm³/mol. The Morgan fingerprint density at radius 3 is 2.18 bits per heavy atom. The molecule has 3 aromatic rings. The first-order chi connectivity index (χ1) is 13.4. The van der Waals surface area contributed by atoms with Crippen molar-refractivity contribution in [3.05, 3.63) is 60.0 Å². The van der Waals surface area contributed by atoms with Gasteiger partial charge in [0.05, 0.1) is 6.54 Å². The normalized spacial score (nSPS) is 16.5. The smallest absolute Gasteiger partial charge is 0.439 e. The topological polar surface area (TPSA) is 41.7 Å². The van der Waals surface area contributed by atoms with E-state index in [4.69, 9.17) is 4.42 Å². The summed E-state index contributed by atoms with van der Waals surface area (Å²) in [4.78, 5) is 9.09. The monoisotopic (exact) mass is 391 g/mol. The van der Waals surface area contributed by atoms with Gasteiger partial charge >= 0.3 is 6.36 Å². The summed E-state index contributed by atoms with van der Waals surface area (Å²) >= 11 is 0. The molecule has 0 unspecified atom stereocenters. The van der Waals surface area contributed by atoms with Gasteiger partial charge in [0.1, 0.15) is 11.3 Å². The fourth-order valence-electron chi connectivity index (χ4n) is 3.34. The second kappa shape index (κ2) is 7.81. The van der Waals surface area contributed by atoms with Gasteiger partial charge in [0.15, 0.2) is 5.58 Å². The van der Waals surface area contributed by atoms with Crippen LogP contribution in [-0.4, -0.2) is 47.3 Å². The number of oxazole rings is 1. The molecule has 1 aliphatic rings. The Balaban J connectivity index is 1.27. The van der Waals surface area contributed by atoms with Crippen molar-refractivity contribution in [2.75, 3.05) is 26.2 Å². The van der Waals surface area contributed by atoms with E-state index in [-0.39, 0.29) is 5.75 Å². The molecule has 2 aromatic carbocycles. The van der Waals surface area contributed by atoms with Crippen molar-refractivity contribution in [3.63, 3.8) is 0 Å². The number of rotatable bonds is 5. The molecule has 4 rings (SSSR count). The molecule has 8 heteroatoms. The quantitative estimate of drug-likeness (QED) is 0.657. The zero-order valence-corrected chi connectivity index (χ0v) is 15.2. The van der Waals surface area contributed by atoms with Crippen molar-refractivity contribution >= 4 is 11.1 Å². The lowest BCUT2D eigenvalue weighted by molar-refractivity contribution is -0.274. The molecular formula is C20H20F3N3O2. The number of hydrogen-bond acceptors (Lipinski definition) is 5. The van der Waals surface area contributed by atoms with Gasteiger partial charge in [0.25, 0.3) is 0 Å². The third-order valence-electron chi connectivity index (χ3n) is 4.73. The van der Waals surface area contributed by atoms with Crippen LogP contribution in [0.5, 0.6) is 5.75 Å². The molecule has 148 valence electrons. The highest BCUT2D eigenvalue weighted by Crippen LogP contribution is 2.23. The summed E-state index contributed by atoms with van der Waals surface area (Å²) < 4.78 is 46.3. The summed E-state index contributed by atoms with van der Waals surface area (Å²) in [6.45, 7) is 4.89. The maximum absolute atomic E-state index is 12.2. The lowest BCUT2D eigenvalue weighted by Gasteiger charge is -2.34. The summed E-state index contributed by atoms with van der Waals surface area (Å²) in [5.74, 6) is 0.523. The Kier molecular flexibility index (Phi) is 5.23. The van der Waals surface area contributed by atoms with Crippen LogP contribution in [-0.2, 0) is 13.1 Å². The van der Waals surface area contributed by atoms with Gasteiger partial charge in [-0.2, -0.15) is 0 Å². The molecule has 0 amide bonds.